The van der Waals surface area contributed by atoms with Gasteiger partial charge in [-0.1, -0.05) is 17.7 Å². The largest absolute Gasteiger partial charge is 0.504 e. The van der Waals surface area contributed by atoms with E-state index in [1.54, 1.807) is 0 Å². The summed E-state index contributed by atoms with van der Waals surface area (Å²) in [4.78, 5) is 3.98. The molecule has 2 rings (SSSR count). The van der Waals surface area contributed by atoms with Gasteiger partial charge in [0.1, 0.15) is 5.82 Å². The van der Waals surface area contributed by atoms with Gasteiger partial charge in [0.15, 0.2) is 11.6 Å². The van der Waals surface area contributed by atoms with Gasteiger partial charge in [-0.15, -0.1) is 0 Å². The number of phenols is 1. The summed E-state index contributed by atoms with van der Waals surface area (Å²) in [6, 6.07) is 8.04. The van der Waals surface area contributed by atoms with Crippen LogP contribution in [0.1, 0.15) is 5.56 Å². The summed E-state index contributed by atoms with van der Waals surface area (Å²) in [5.74, 6) is -1.74. The van der Waals surface area contributed by atoms with Crippen molar-refractivity contribution in [2.24, 2.45) is 4.99 Å². The monoisotopic (exact) mass is 267 g/mol. The number of nitrogens with zero attached hydrogens (tertiary/aromatic N) is 1. The van der Waals surface area contributed by atoms with Gasteiger partial charge in [-0.25, -0.2) is 8.78 Å². The van der Waals surface area contributed by atoms with Gasteiger partial charge in [-0.2, -0.15) is 0 Å². The lowest BCUT2D eigenvalue weighted by Gasteiger charge is -2.00. The second-order valence-corrected chi connectivity index (χ2v) is 3.94. The first kappa shape index (κ1) is 12.5. The van der Waals surface area contributed by atoms with E-state index < -0.39 is 17.4 Å². The van der Waals surface area contributed by atoms with E-state index in [4.69, 9.17) is 11.6 Å². The Morgan fingerprint density at radius 1 is 1.11 bits per heavy atom. The number of rotatable bonds is 2. The van der Waals surface area contributed by atoms with Crippen LogP contribution in [0.4, 0.5) is 14.5 Å². The first-order valence-electron chi connectivity index (χ1n) is 5.04. The van der Waals surface area contributed by atoms with Gasteiger partial charge in [-0.05, 0) is 30.3 Å². The van der Waals surface area contributed by atoms with E-state index in [0.717, 1.165) is 6.07 Å². The maximum Gasteiger partial charge on any atom is 0.165 e. The van der Waals surface area contributed by atoms with Crippen LogP contribution in [-0.4, -0.2) is 11.3 Å². The van der Waals surface area contributed by atoms with Crippen LogP contribution in [-0.2, 0) is 0 Å². The van der Waals surface area contributed by atoms with Crippen LogP contribution >= 0.6 is 11.6 Å². The van der Waals surface area contributed by atoms with Gasteiger partial charge in [-0.3, -0.25) is 4.99 Å². The number of aliphatic imine (C=N–C) groups is 1. The number of halogens is 3. The molecular formula is C13H8ClF2NO. The number of hydrogen-bond donors (Lipinski definition) is 1. The minimum Gasteiger partial charge on any atom is -0.504 e. The lowest BCUT2D eigenvalue weighted by atomic mass is 10.2. The number of aromatic hydroxyl groups is 1. The Morgan fingerprint density at radius 3 is 2.61 bits per heavy atom. The topological polar surface area (TPSA) is 32.6 Å². The highest BCUT2D eigenvalue weighted by Gasteiger charge is 2.04. The summed E-state index contributed by atoms with van der Waals surface area (Å²) < 4.78 is 25.9. The Bertz CT molecular complexity index is 614. The highest BCUT2D eigenvalue weighted by Crippen LogP contribution is 2.23. The second kappa shape index (κ2) is 5.14. The fourth-order valence-corrected chi connectivity index (χ4v) is 1.52. The van der Waals surface area contributed by atoms with Crippen LogP contribution in [0.3, 0.4) is 0 Å². The fourth-order valence-electron chi connectivity index (χ4n) is 1.35. The maximum atomic E-state index is 13.0. The van der Waals surface area contributed by atoms with Crippen molar-refractivity contribution in [1.82, 2.24) is 0 Å². The van der Waals surface area contributed by atoms with E-state index in [0.29, 0.717) is 5.69 Å². The van der Waals surface area contributed by atoms with Crippen LogP contribution in [0.15, 0.2) is 41.4 Å². The molecule has 0 saturated carbocycles. The molecule has 0 aliphatic carbocycles. The molecule has 0 spiro atoms. The molecule has 18 heavy (non-hydrogen) atoms. The molecule has 0 aromatic heterocycles. The lowest BCUT2D eigenvalue weighted by Crippen LogP contribution is -1.85. The summed E-state index contributed by atoms with van der Waals surface area (Å²) in [5, 5.41) is 9.37. The van der Waals surface area contributed by atoms with Crippen LogP contribution in [0.25, 0.3) is 0 Å². The summed E-state index contributed by atoms with van der Waals surface area (Å²) in [6.07, 6.45) is 1.28. The van der Waals surface area contributed by atoms with Crippen LogP contribution in [0, 0.1) is 11.6 Å². The van der Waals surface area contributed by atoms with E-state index in [9.17, 15) is 13.9 Å². The van der Waals surface area contributed by atoms with Crippen molar-refractivity contribution in [3.63, 3.8) is 0 Å². The Kier molecular flexibility index (Phi) is 3.58. The van der Waals surface area contributed by atoms with Crippen molar-refractivity contribution in [3.05, 3.63) is 58.6 Å². The smallest absolute Gasteiger partial charge is 0.165 e. The van der Waals surface area contributed by atoms with Crippen molar-refractivity contribution >= 4 is 23.5 Å². The Labute approximate surface area is 107 Å². The van der Waals surface area contributed by atoms with Crippen molar-refractivity contribution in [1.29, 1.82) is 0 Å². The molecule has 0 amide bonds. The van der Waals surface area contributed by atoms with E-state index in [2.05, 4.69) is 4.99 Å². The van der Waals surface area contributed by atoms with Gasteiger partial charge < -0.3 is 5.11 Å². The van der Waals surface area contributed by atoms with Gasteiger partial charge in [0.05, 0.1) is 10.7 Å². The molecule has 0 bridgehead atoms. The molecule has 0 radical (unpaired) electrons. The lowest BCUT2D eigenvalue weighted by molar-refractivity contribution is 0.431. The Hall–Kier alpha value is -1.94. The Balaban J connectivity index is 2.30. The molecule has 0 fully saturated rings. The summed E-state index contributed by atoms with van der Waals surface area (Å²) in [5.41, 5.74) is 0.639. The summed E-state index contributed by atoms with van der Waals surface area (Å²) >= 11 is 5.59. The standard InChI is InChI=1S/C13H8ClF2NO/c14-10-6-9(4-5-11(10)15)17-7-8-2-1-3-12(16)13(8)18/h1-7,18H. The normalized spacial score (nSPS) is 11.1. The SMILES string of the molecule is Oc1c(F)cccc1C=Nc1ccc(F)c(Cl)c1. The van der Waals surface area contributed by atoms with E-state index in [1.807, 2.05) is 0 Å². The third-order valence-corrected chi connectivity index (χ3v) is 2.56. The molecule has 0 heterocycles. The molecule has 2 aromatic carbocycles. The minimum absolute atomic E-state index is 0.0480. The number of benzene rings is 2. The first-order valence-corrected chi connectivity index (χ1v) is 5.42. The zero-order chi connectivity index (χ0) is 13.1. The molecule has 0 aliphatic heterocycles. The van der Waals surface area contributed by atoms with Gasteiger partial charge in [0.25, 0.3) is 0 Å². The molecule has 5 heteroatoms. The van der Waals surface area contributed by atoms with E-state index in [1.165, 1.54) is 36.5 Å². The second-order valence-electron chi connectivity index (χ2n) is 3.53. The number of hydrogen-bond acceptors (Lipinski definition) is 2. The predicted molar refractivity (Wildman–Crippen MR) is 66.7 cm³/mol. The van der Waals surface area contributed by atoms with Gasteiger partial charge in [0, 0.05) is 11.8 Å². The quantitative estimate of drug-likeness (QED) is 0.817. The number of phenolic OH excluding ortho intramolecular Hbond substituents is 1. The zero-order valence-corrected chi connectivity index (χ0v) is 9.83. The van der Waals surface area contributed by atoms with Crippen molar-refractivity contribution in [3.8, 4) is 5.75 Å². The average Bonchev–Trinajstić information content (AvgIpc) is 2.35. The van der Waals surface area contributed by atoms with E-state index >= 15 is 0 Å². The predicted octanol–water partition coefficient (Wildman–Crippen LogP) is 4.07. The first-order chi connectivity index (χ1) is 8.58. The summed E-state index contributed by atoms with van der Waals surface area (Å²) in [7, 11) is 0. The summed E-state index contributed by atoms with van der Waals surface area (Å²) in [6.45, 7) is 0. The van der Waals surface area contributed by atoms with Crippen molar-refractivity contribution in [2.75, 3.05) is 0 Å². The molecule has 0 unspecified atom stereocenters. The third kappa shape index (κ3) is 2.65. The van der Waals surface area contributed by atoms with Crippen LogP contribution < -0.4 is 0 Å². The van der Waals surface area contributed by atoms with Gasteiger partial charge in [0.2, 0.25) is 0 Å². The molecule has 2 nitrogen and oxygen atoms in total. The molecule has 92 valence electrons. The molecule has 2 aromatic rings. The minimum atomic E-state index is -0.726. The zero-order valence-electron chi connectivity index (χ0n) is 9.07. The van der Waals surface area contributed by atoms with Gasteiger partial charge >= 0.3 is 0 Å². The Morgan fingerprint density at radius 2 is 1.89 bits per heavy atom. The molecule has 0 saturated heterocycles. The fraction of sp³-hybridized carbons (Fsp3) is 0. The highest BCUT2D eigenvalue weighted by molar-refractivity contribution is 6.31. The number of para-hydroxylation sites is 1. The highest BCUT2D eigenvalue weighted by atomic mass is 35.5. The third-order valence-electron chi connectivity index (χ3n) is 2.27. The van der Waals surface area contributed by atoms with E-state index in [-0.39, 0.29) is 10.6 Å². The maximum absolute atomic E-state index is 13.0. The molecule has 0 aliphatic rings. The van der Waals surface area contributed by atoms with Crippen molar-refractivity contribution < 1.29 is 13.9 Å². The molecule has 1 N–H and O–H groups in total. The van der Waals surface area contributed by atoms with Crippen LogP contribution in [0.5, 0.6) is 5.75 Å². The van der Waals surface area contributed by atoms with Crippen molar-refractivity contribution in [2.45, 2.75) is 0 Å². The van der Waals surface area contributed by atoms with Crippen LogP contribution in [0.2, 0.25) is 5.02 Å². The average molecular weight is 268 g/mol. The molecular weight excluding hydrogens is 260 g/mol. The molecule has 0 atom stereocenters.